The number of nitrogens with zero attached hydrogens (tertiary/aromatic N) is 1. The Morgan fingerprint density at radius 3 is 2.64 bits per heavy atom. The molecule has 33 heavy (non-hydrogen) atoms. The molecule has 0 bridgehead atoms. The number of thioether (sulfide) groups is 1. The Bertz CT molecular complexity index is 1200. The maximum atomic E-state index is 12.7. The number of ether oxygens (including phenoxy) is 2. The summed E-state index contributed by atoms with van der Waals surface area (Å²) in [7, 11) is 0.201. The van der Waals surface area contributed by atoms with Crippen LogP contribution in [0, 0.1) is 6.92 Å². The van der Waals surface area contributed by atoms with E-state index in [-0.39, 0.29) is 28.7 Å². The molecule has 0 saturated carbocycles. The second kappa shape index (κ2) is 9.64. The number of amidine groups is 1. The van der Waals surface area contributed by atoms with Gasteiger partial charge in [0.1, 0.15) is 0 Å². The van der Waals surface area contributed by atoms with Crippen molar-refractivity contribution in [3.63, 3.8) is 0 Å². The lowest BCUT2D eigenvalue weighted by Gasteiger charge is -2.12. The zero-order valence-electron chi connectivity index (χ0n) is 18.8. The maximum Gasteiger partial charge on any atom is 0.251 e. The summed E-state index contributed by atoms with van der Waals surface area (Å²) < 4.78 is 34.1. The van der Waals surface area contributed by atoms with Crippen molar-refractivity contribution < 1.29 is 22.7 Å². The van der Waals surface area contributed by atoms with E-state index in [1.807, 2.05) is 31.2 Å². The summed E-state index contributed by atoms with van der Waals surface area (Å²) in [6.07, 6.45) is 0.655. The number of nitrogens with one attached hydrogen (secondary N) is 2. The number of hydrogen-bond donors (Lipinski definition) is 2. The van der Waals surface area contributed by atoms with Gasteiger partial charge in [0.25, 0.3) is 5.91 Å². The van der Waals surface area contributed by atoms with E-state index in [1.165, 1.54) is 11.8 Å². The standard InChI is InChI=1S/C23H27N3O5S2/c1-14-4-6-16(11-17(14)25-23-26-18-12-33(28,29)13-21(18)32-23)22(27)24-9-8-15-5-7-19(30-2)20(10-15)31-3/h4-7,10-11,18,21H,8-9,12-13H2,1-3H3,(H,24,27)(H,25,26)/t18-,21-/m0/s1. The number of aryl methyl sites for hydroxylation is 1. The van der Waals surface area contributed by atoms with Crippen molar-refractivity contribution in [2.24, 2.45) is 4.99 Å². The first-order valence-corrected chi connectivity index (χ1v) is 13.3. The Kier molecular flexibility index (Phi) is 6.85. The predicted molar refractivity (Wildman–Crippen MR) is 132 cm³/mol. The van der Waals surface area contributed by atoms with E-state index in [2.05, 4.69) is 15.6 Å². The molecule has 0 unspecified atom stereocenters. The highest BCUT2D eigenvalue weighted by atomic mass is 32.2. The number of methoxy groups -OCH3 is 2. The van der Waals surface area contributed by atoms with Crippen LogP contribution in [0.5, 0.6) is 11.5 Å². The summed E-state index contributed by atoms with van der Waals surface area (Å²) in [6, 6.07) is 11.0. The van der Waals surface area contributed by atoms with Crippen LogP contribution in [0.2, 0.25) is 0 Å². The van der Waals surface area contributed by atoms with Crippen LogP contribution in [0.1, 0.15) is 21.5 Å². The Hall–Kier alpha value is -2.72. The van der Waals surface area contributed by atoms with Crippen molar-refractivity contribution in [2.75, 3.05) is 37.6 Å². The average molecular weight is 490 g/mol. The van der Waals surface area contributed by atoms with Crippen LogP contribution >= 0.6 is 11.8 Å². The van der Waals surface area contributed by atoms with Gasteiger partial charge >= 0.3 is 0 Å². The van der Waals surface area contributed by atoms with Crippen LogP contribution in [-0.2, 0) is 16.3 Å². The molecule has 2 atom stereocenters. The first-order chi connectivity index (χ1) is 15.8. The minimum absolute atomic E-state index is 0.0270. The number of hydrogen-bond acceptors (Lipinski definition) is 8. The van der Waals surface area contributed by atoms with Gasteiger partial charge in [0, 0.05) is 23.0 Å². The fourth-order valence-corrected chi connectivity index (χ4v) is 7.56. The fourth-order valence-electron chi connectivity index (χ4n) is 3.89. The van der Waals surface area contributed by atoms with E-state index in [9.17, 15) is 13.2 Å². The third kappa shape index (κ3) is 5.44. The second-order valence-corrected chi connectivity index (χ2v) is 11.5. The normalized spacial score (nSPS) is 20.6. The third-order valence-electron chi connectivity index (χ3n) is 5.71. The molecule has 176 valence electrons. The summed E-state index contributed by atoms with van der Waals surface area (Å²) in [6.45, 7) is 2.43. The van der Waals surface area contributed by atoms with E-state index < -0.39 is 9.84 Å². The van der Waals surface area contributed by atoms with Gasteiger partial charge in [-0.1, -0.05) is 23.9 Å². The summed E-state index contributed by atoms with van der Waals surface area (Å²) in [4.78, 5) is 17.2. The lowest BCUT2D eigenvalue weighted by Crippen LogP contribution is -2.26. The van der Waals surface area contributed by atoms with Crippen LogP contribution in [0.4, 0.5) is 5.69 Å². The first-order valence-electron chi connectivity index (χ1n) is 10.6. The molecular formula is C23H27N3O5S2. The molecule has 2 N–H and O–H groups in total. The zero-order chi connectivity index (χ0) is 23.6. The number of anilines is 1. The van der Waals surface area contributed by atoms with Gasteiger partial charge in [0.2, 0.25) is 0 Å². The topological polar surface area (TPSA) is 106 Å². The molecule has 0 radical (unpaired) electrons. The summed E-state index contributed by atoms with van der Waals surface area (Å²) in [5, 5.41) is 6.91. The maximum absolute atomic E-state index is 12.7. The van der Waals surface area contributed by atoms with Crippen molar-refractivity contribution in [3.8, 4) is 11.5 Å². The number of rotatable bonds is 7. The van der Waals surface area contributed by atoms with Gasteiger partial charge in [0.05, 0.1) is 31.8 Å². The Balaban J connectivity index is 1.36. The number of carbonyl (C=O) groups excluding carboxylic acids is 1. The molecule has 2 aromatic rings. The largest absolute Gasteiger partial charge is 0.493 e. The Morgan fingerprint density at radius 1 is 1.12 bits per heavy atom. The first kappa shape index (κ1) is 23.4. The lowest BCUT2D eigenvalue weighted by molar-refractivity contribution is 0.0954. The third-order valence-corrected chi connectivity index (χ3v) is 8.85. The molecular weight excluding hydrogens is 462 g/mol. The highest BCUT2D eigenvalue weighted by molar-refractivity contribution is 8.15. The molecule has 10 heteroatoms. The van der Waals surface area contributed by atoms with Gasteiger partial charge in [0.15, 0.2) is 26.5 Å². The lowest BCUT2D eigenvalue weighted by atomic mass is 10.1. The molecule has 2 aliphatic rings. The average Bonchev–Trinajstić information content (AvgIpc) is 3.27. The number of aliphatic imine (C=N–C) groups is 1. The van der Waals surface area contributed by atoms with Crippen molar-refractivity contribution in [1.82, 2.24) is 5.32 Å². The monoisotopic (exact) mass is 489 g/mol. The molecule has 0 spiro atoms. The highest BCUT2D eigenvalue weighted by Crippen LogP contribution is 2.35. The SMILES string of the molecule is COc1ccc(CCNC(=O)c2ccc(C)c(NC3=N[C@H]4CS(=O)(=O)C[C@@H]4S3)c2)cc1OC. The molecule has 8 nitrogen and oxygen atoms in total. The molecule has 0 aromatic heterocycles. The number of fused-ring (bicyclic) bond motifs is 1. The Labute approximate surface area is 198 Å². The zero-order valence-corrected chi connectivity index (χ0v) is 20.4. The molecule has 4 rings (SSSR count). The molecule has 2 aromatic carbocycles. The van der Waals surface area contributed by atoms with E-state index in [4.69, 9.17) is 9.47 Å². The smallest absolute Gasteiger partial charge is 0.251 e. The summed E-state index contributed by atoms with van der Waals surface area (Å²) in [5.41, 5.74) is 3.34. The molecule has 1 fully saturated rings. The molecule has 1 amide bonds. The minimum atomic E-state index is -2.99. The molecule has 2 aliphatic heterocycles. The minimum Gasteiger partial charge on any atom is -0.493 e. The van der Waals surface area contributed by atoms with Crippen LogP contribution in [0.25, 0.3) is 0 Å². The van der Waals surface area contributed by atoms with Crippen molar-refractivity contribution >= 4 is 38.4 Å². The van der Waals surface area contributed by atoms with E-state index in [0.29, 0.717) is 35.2 Å². The van der Waals surface area contributed by atoms with E-state index in [0.717, 1.165) is 16.8 Å². The van der Waals surface area contributed by atoms with Crippen molar-refractivity contribution in [3.05, 3.63) is 53.1 Å². The van der Waals surface area contributed by atoms with Crippen molar-refractivity contribution in [2.45, 2.75) is 24.6 Å². The van der Waals surface area contributed by atoms with E-state index in [1.54, 1.807) is 26.4 Å². The van der Waals surface area contributed by atoms with Gasteiger partial charge in [-0.05, 0) is 48.7 Å². The van der Waals surface area contributed by atoms with Crippen molar-refractivity contribution in [1.29, 1.82) is 0 Å². The summed E-state index contributed by atoms with van der Waals surface area (Å²) in [5.74, 6) is 1.43. The summed E-state index contributed by atoms with van der Waals surface area (Å²) >= 11 is 1.46. The molecule has 2 heterocycles. The van der Waals surface area contributed by atoms with E-state index >= 15 is 0 Å². The quantitative estimate of drug-likeness (QED) is 0.616. The van der Waals surface area contributed by atoms with Crippen LogP contribution < -0.4 is 20.1 Å². The number of amides is 1. The number of sulfone groups is 1. The molecule has 1 saturated heterocycles. The van der Waals surface area contributed by atoms with Gasteiger partial charge < -0.3 is 20.1 Å². The predicted octanol–water partition coefficient (Wildman–Crippen LogP) is 2.67. The number of benzene rings is 2. The second-order valence-electron chi connectivity index (χ2n) is 8.08. The Morgan fingerprint density at radius 2 is 1.91 bits per heavy atom. The number of carbonyl (C=O) groups is 1. The fraction of sp³-hybridized carbons (Fsp3) is 0.391. The highest BCUT2D eigenvalue weighted by Gasteiger charge is 2.42. The van der Waals surface area contributed by atoms with Gasteiger partial charge in [-0.3, -0.25) is 9.79 Å². The molecule has 0 aliphatic carbocycles. The van der Waals surface area contributed by atoms with Crippen LogP contribution in [0.15, 0.2) is 41.4 Å². The van der Waals surface area contributed by atoms with Crippen LogP contribution in [0.3, 0.4) is 0 Å². The van der Waals surface area contributed by atoms with Crippen LogP contribution in [-0.4, -0.2) is 63.1 Å². The van der Waals surface area contributed by atoms with Gasteiger partial charge in [-0.25, -0.2) is 8.42 Å². The van der Waals surface area contributed by atoms with Gasteiger partial charge in [-0.2, -0.15) is 0 Å². The van der Waals surface area contributed by atoms with Gasteiger partial charge in [-0.15, -0.1) is 0 Å².